The van der Waals surface area contributed by atoms with Gasteiger partial charge in [-0.25, -0.2) is 4.79 Å². The van der Waals surface area contributed by atoms with Gasteiger partial charge in [-0.2, -0.15) is 0 Å². The number of carbonyl (C=O) groups is 1. The minimum atomic E-state index is -1.14. The summed E-state index contributed by atoms with van der Waals surface area (Å²) in [5, 5.41) is 21.7. The number of aliphatic hydroxyl groups is 1. The molecule has 8 nitrogen and oxygen atoms in total. The third-order valence-electron chi connectivity index (χ3n) is 3.41. The maximum Gasteiger partial charge on any atom is 1.00 e. The summed E-state index contributed by atoms with van der Waals surface area (Å²) < 4.78 is 15.6. The molecule has 0 aliphatic carbocycles. The Balaban J connectivity index is -0.00000106. The van der Waals surface area contributed by atoms with E-state index in [0.29, 0.717) is 11.4 Å². The second-order valence-corrected chi connectivity index (χ2v) is 5.09. The van der Waals surface area contributed by atoms with E-state index in [2.05, 4.69) is 10.1 Å². The van der Waals surface area contributed by atoms with Gasteiger partial charge in [-0.15, -0.1) is 0 Å². The molecule has 0 amide bonds. The number of nitrogens with one attached hydrogen (secondary N) is 1. The van der Waals surface area contributed by atoms with Gasteiger partial charge in [0.05, 0.1) is 18.4 Å². The SMILES string of the molecule is CC.CC.CNc1cc(CO[C-]=O)ccc1OC1CC(O)CC(C(=O)O)O1.[CH3-].[K+]. The molecule has 3 unspecified atom stereocenters. The topological polar surface area (TPSA) is 114 Å². The number of carboxylic acid groups (broad SMARTS) is 1. The van der Waals surface area contributed by atoms with E-state index in [-0.39, 0.29) is 78.3 Å². The van der Waals surface area contributed by atoms with Crippen molar-refractivity contribution in [2.24, 2.45) is 0 Å². The second kappa shape index (κ2) is 19.3. The molecular formula is C20H33KNO7-. The molecule has 0 radical (unpaired) electrons. The first-order valence-corrected chi connectivity index (χ1v) is 9.06. The molecule has 0 aromatic heterocycles. The van der Waals surface area contributed by atoms with Crippen molar-refractivity contribution >= 4 is 18.1 Å². The van der Waals surface area contributed by atoms with E-state index in [9.17, 15) is 14.7 Å². The van der Waals surface area contributed by atoms with Crippen LogP contribution >= 0.6 is 0 Å². The van der Waals surface area contributed by atoms with Gasteiger partial charge in [0.2, 0.25) is 6.29 Å². The summed E-state index contributed by atoms with van der Waals surface area (Å²) in [5.41, 5.74) is 1.35. The monoisotopic (exact) mass is 438 g/mol. The van der Waals surface area contributed by atoms with Crippen LogP contribution in [0, 0.1) is 7.43 Å². The maximum absolute atomic E-state index is 11.0. The average Bonchev–Trinajstić information content (AvgIpc) is 2.69. The number of carbonyl (C=O) groups excluding carboxylic acids is 1. The summed E-state index contributed by atoms with van der Waals surface area (Å²) in [7, 11) is 1.69. The van der Waals surface area contributed by atoms with Crippen molar-refractivity contribution in [1.29, 1.82) is 0 Å². The molecule has 2 rings (SSSR count). The zero-order valence-electron chi connectivity index (χ0n) is 18.5. The van der Waals surface area contributed by atoms with Gasteiger partial charge in [0, 0.05) is 19.9 Å². The van der Waals surface area contributed by atoms with Crippen molar-refractivity contribution in [1.82, 2.24) is 0 Å². The Morgan fingerprint density at radius 3 is 2.41 bits per heavy atom. The molecule has 1 fully saturated rings. The van der Waals surface area contributed by atoms with Crippen LogP contribution in [0.3, 0.4) is 0 Å². The molecule has 0 saturated carbocycles. The number of rotatable bonds is 7. The van der Waals surface area contributed by atoms with Crippen molar-refractivity contribution in [3.8, 4) is 5.75 Å². The zero-order valence-corrected chi connectivity index (χ0v) is 21.6. The standard InChI is InChI=1S/C15H18NO7.2C2H6.CH3.K/c1-16-11-4-9(7-21-8-17)2-3-12(11)22-14-6-10(18)5-13(23-14)15(19)20;2*1-2;;/h2-4,10,13-14,16,18H,5-7H2,1H3,(H,19,20);2*1-2H3;1H3;/q-1;;;-1;+1. The third kappa shape index (κ3) is 11.9. The summed E-state index contributed by atoms with van der Waals surface area (Å²) in [5.74, 6) is -0.696. The number of ether oxygens (including phenoxy) is 3. The van der Waals surface area contributed by atoms with Crippen LogP contribution in [0.25, 0.3) is 0 Å². The molecule has 162 valence electrons. The predicted molar refractivity (Wildman–Crippen MR) is 108 cm³/mol. The molecule has 1 aliphatic rings. The largest absolute Gasteiger partial charge is 1.00 e. The molecule has 3 atom stereocenters. The Bertz CT molecular complexity index is 572. The number of anilines is 1. The predicted octanol–water partition coefficient (Wildman–Crippen LogP) is 0.148. The Kier molecular flexibility index (Phi) is 21.9. The van der Waals surface area contributed by atoms with E-state index in [1.807, 2.05) is 27.7 Å². The van der Waals surface area contributed by atoms with E-state index in [0.717, 1.165) is 5.56 Å². The van der Waals surface area contributed by atoms with Crippen LogP contribution in [-0.4, -0.2) is 48.2 Å². The molecule has 0 spiro atoms. The Hall–Kier alpha value is -0.684. The van der Waals surface area contributed by atoms with E-state index in [1.165, 1.54) is 6.47 Å². The summed E-state index contributed by atoms with van der Waals surface area (Å²) in [6, 6.07) is 5.07. The van der Waals surface area contributed by atoms with Crippen molar-refractivity contribution in [2.45, 2.75) is 65.6 Å². The first kappa shape index (κ1) is 33.0. The van der Waals surface area contributed by atoms with Crippen LogP contribution in [0.15, 0.2) is 18.2 Å². The Labute approximate surface area is 216 Å². The smallest absolute Gasteiger partial charge is 0.650 e. The summed E-state index contributed by atoms with van der Waals surface area (Å²) in [4.78, 5) is 21.1. The zero-order chi connectivity index (χ0) is 20.8. The van der Waals surface area contributed by atoms with Gasteiger partial charge in [0.25, 0.3) is 0 Å². The van der Waals surface area contributed by atoms with Crippen molar-refractivity contribution in [3.05, 3.63) is 31.2 Å². The van der Waals surface area contributed by atoms with E-state index in [4.69, 9.17) is 14.6 Å². The summed E-state index contributed by atoms with van der Waals surface area (Å²) in [6.07, 6.45) is -2.55. The van der Waals surface area contributed by atoms with Crippen LogP contribution in [0.1, 0.15) is 46.1 Å². The molecule has 0 bridgehead atoms. The van der Waals surface area contributed by atoms with E-state index in [1.54, 1.807) is 25.2 Å². The third-order valence-corrected chi connectivity index (χ3v) is 3.41. The van der Waals surface area contributed by atoms with Gasteiger partial charge in [-0.1, -0.05) is 40.2 Å². The number of hydrogen-bond donors (Lipinski definition) is 3. The molecule has 1 aliphatic heterocycles. The summed E-state index contributed by atoms with van der Waals surface area (Å²) >= 11 is 0. The fourth-order valence-corrected chi connectivity index (χ4v) is 2.31. The number of hydrogen-bond acceptors (Lipinski definition) is 7. The minimum Gasteiger partial charge on any atom is -0.650 e. The van der Waals surface area contributed by atoms with Crippen LogP contribution in [0.4, 0.5) is 5.69 Å². The summed E-state index contributed by atoms with van der Waals surface area (Å²) in [6.45, 7) is 9.43. The molecule has 9 heteroatoms. The first-order chi connectivity index (χ1) is 13.0. The van der Waals surface area contributed by atoms with Crippen LogP contribution in [-0.2, 0) is 25.7 Å². The number of benzene rings is 1. The maximum atomic E-state index is 11.0. The number of carboxylic acids is 1. The number of aliphatic carboxylic acids is 1. The van der Waals surface area contributed by atoms with Gasteiger partial charge in [0.1, 0.15) is 5.75 Å². The molecular weight excluding hydrogens is 405 g/mol. The first-order valence-electron chi connectivity index (χ1n) is 9.06. The van der Waals surface area contributed by atoms with Crippen LogP contribution in [0.2, 0.25) is 0 Å². The Morgan fingerprint density at radius 1 is 1.28 bits per heavy atom. The van der Waals surface area contributed by atoms with Crippen molar-refractivity contribution in [2.75, 3.05) is 12.4 Å². The van der Waals surface area contributed by atoms with Gasteiger partial charge in [0.15, 0.2) is 6.10 Å². The molecule has 1 aromatic carbocycles. The Morgan fingerprint density at radius 2 is 1.90 bits per heavy atom. The van der Waals surface area contributed by atoms with Crippen LogP contribution < -0.4 is 61.4 Å². The van der Waals surface area contributed by atoms with Gasteiger partial charge < -0.3 is 42.0 Å². The molecule has 1 saturated heterocycles. The molecule has 29 heavy (non-hydrogen) atoms. The second-order valence-electron chi connectivity index (χ2n) is 5.09. The van der Waals surface area contributed by atoms with Crippen LogP contribution in [0.5, 0.6) is 5.75 Å². The fourth-order valence-electron chi connectivity index (χ4n) is 2.31. The molecule has 1 heterocycles. The van der Waals surface area contributed by atoms with E-state index < -0.39 is 24.5 Å². The van der Waals surface area contributed by atoms with Gasteiger partial charge >= 0.3 is 57.4 Å². The minimum absolute atomic E-state index is 0. The van der Waals surface area contributed by atoms with Crippen molar-refractivity contribution in [3.63, 3.8) is 0 Å². The van der Waals surface area contributed by atoms with Gasteiger partial charge in [-0.3, -0.25) is 0 Å². The average molecular weight is 439 g/mol. The van der Waals surface area contributed by atoms with Crippen molar-refractivity contribution < 1.29 is 85.4 Å². The quantitative estimate of drug-likeness (QED) is 0.407. The molecule has 3 N–H and O–H groups in total. The fraction of sp³-hybridized carbons (Fsp3) is 0.550. The van der Waals surface area contributed by atoms with E-state index >= 15 is 0 Å². The number of aliphatic hydroxyl groups excluding tert-OH is 1. The van der Waals surface area contributed by atoms with Gasteiger partial charge in [-0.05, 0) is 17.7 Å². The molecule has 1 aromatic rings. The normalized spacial score (nSPS) is 19.3.